The molecule has 0 saturated carbocycles. The van der Waals surface area contributed by atoms with Crippen LogP contribution in [0.15, 0.2) is 63.4 Å². The highest BCUT2D eigenvalue weighted by atomic mass is 35.5. The number of para-hydroxylation sites is 1. The molecule has 2 aromatic rings. The second kappa shape index (κ2) is 4.79. The monoisotopic (exact) mass is 314 g/mol. The predicted octanol–water partition coefficient (Wildman–Crippen LogP) is 3.64. The van der Waals surface area contributed by atoms with E-state index in [4.69, 9.17) is 17.3 Å². The lowest BCUT2D eigenvalue weighted by Gasteiger charge is -2.30. The maximum absolute atomic E-state index is 6.34. The van der Waals surface area contributed by atoms with Crippen molar-refractivity contribution in [2.75, 3.05) is 4.90 Å². The van der Waals surface area contributed by atoms with Gasteiger partial charge in [0.25, 0.3) is 0 Å². The van der Waals surface area contributed by atoms with Crippen LogP contribution in [0.4, 0.5) is 5.69 Å². The third-order valence-corrected chi connectivity index (χ3v) is 4.80. The average Bonchev–Trinajstić information content (AvgIpc) is 2.85. The van der Waals surface area contributed by atoms with Crippen LogP contribution in [0.5, 0.6) is 0 Å². The van der Waals surface area contributed by atoms with E-state index in [-0.39, 0.29) is 12.1 Å². The topological polar surface area (TPSA) is 54.0 Å². The lowest BCUT2D eigenvalue weighted by atomic mass is 10.1. The zero-order valence-corrected chi connectivity index (χ0v) is 12.5. The highest BCUT2D eigenvalue weighted by Gasteiger charge is 2.36. The molecule has 0 aromatic heterocycles. The van der Waals surface area contributed by atoms with Crippen LogP contribution in [0, 0.1) is 0 Å². The van der Waals surface area contributed by atoms with Crippen LogP contribution in [0.2, 0.25) is 5.02 Å². The summed E-state index contributed by atoms with van der Waals surface area (Å²) in [6.45, 7) is 0. The molecule has 0 radical (unpaired) electrons. The third-order valence-electron chi connectivity index (χ3n) is 3.42. The molecular formula is C15H11ClN4S. The van der Waals surface area contributed by atoms with Crippen molar-refractivity contribution in [3.8, 4) is 0 Å². The van der Waals surface area contributed by atoms with Gasteiger partial charge in [-0.1, -0.05) is 41.9 Å². The molecule has 21 heavy (non-hydrogen) atoms. The SMILES string of the molecule is NC1=NC(c2ccccc2Cl)N2C(=N1)Sc1ccccc12. The number of hydrogen-bond acceptors (Lipinski definition) is 5. The number of halogens is 1. The molecule has 2 N–H and O–H groups in total. The highest BCUT2D eigenvalue weighted by molar-refractivity contribution is 8.14. The van der Waals surface area contributed by atoms with Gasteiger partial charge in [0.15, 0.2) is 11.3 Å². The van der Waals surface area contributed by atoms with E-state index in [1.807, 2.05) is 36.4 Å². The Labute approximate surface area is 131 Å². The van der Waals surface area contributed by atoms with Crippen molar-refractivity contribution in [3.05, 3.63) is 59.1 Å². The van der Waals surface area contributed by atoms with Crippen molar-refractivity contribution in [1.82, 2.24) is 0 Å². The van der Waals surface area contributed by atoms with E-state index in [0.29, 0.717) is 5.02 Å². The molecule has 104 valence electrons. The van der Waals surface area contributed by atoms with E-state index < -0.39 is 0 Å². The fraction of sp³-hybridized carbons (Fsp3) is 0.0667. The molecule has 0 aliphatic carbocycles. The van der Waals surface area contributed by atoms with Gasteiger partial charge in [0.1, 0.15) is 0 Å². The molecule has 1 unspecified atom stereocenters. The largest absolute Gasteiger partial charge is 0.368 e. The van der Waals surface area contributed by atoms with Crippen molar-refractivity contribution in [1.29, 1.82) is 0 Å². The molecule has 4 nitrogen and oxygen atoms in total. The zero-order chi connectivity index (χ0) is 14.4. The lowest BCUT2D eigenvalue weighted by molar-refractivity contribution is 0.745. The lowest BCUT2D eigenvalue weighted by Crippen LogP contribution is -2.35. The molecule has 2 aromatic carbocycles. The number of fused-ring (bicyclic) bond motifs is 3. The molecule has 0 fully saturated rings. The van der Waals surface area contributed by atoms with E-state index in [9.17, 15) is 0 Å². The van der Waals surface area contributed by atoms with Crippen LogP contribution in [0.1, 0.15) is 11.7 Å². The Balaban J connectivity index is 1.88. The third kappa shape index (κ3) is 2.01. The molecule has 2 heterocycles. The summed E-state index contributed by atoms with van der Waals surface area (Å²) in [4.78, 5) is 12.1. The first-order valence-electron chi connectivity index (χ1n) is 6.46. The van der Waals surface area contributed by atoms with Crippen LogP contribution >= 0.6 is 23.4 Å². The first kappa shape index (κ1) is 12.7. The van der Waals surface area contributed by atoms with Crippen LogP contribution < -0.4 is 10.6 Å². The summed E-state index contributed by atoms with van der Waals surface area (Å²) in [5, 5.41) is 1.52. The Morgan fingerprint density at radius 3 is 2.71 bits per heavy atom. The van der Waals surface area contributed by atoms with Crippen molar-refractivity contribution in [3.63, 3.8) is 0 Å². The number of benzene rings is 2. The van der Waals surface area contributed by atoms with E-state index in [1.54, 1.807) is 11.8 Å². The first-order chi connectivity index (χ1) is 10.2. The zero-order valence-electron chi connectivity index (χ0n) is 10.9. The van der Waals surface area contributed by atoms with E-state index in [1.165, 1.54) is 0 Å². The van der Waals surface area contributed by atoms with Crippen LogP contribution in [-0.2, 0) is 0 Å². The number of amidine groups is 1. The van der Waals surface area contributed by atoms with Gasteiger partial charge in [-0.2, -0.15) is 4.99 Å². The molecule has 0 spiro atoms. The average molecular weight is 315 g/mol. The van der Waals surface area contributed by atoms with Gasteiger partial charge in [-0.25, -0.2) is 4.99 Å². The Morgan fingerprint density at radius 2 is 1.86 bits per heavy atom. The predicted molar refractivity (Wildman–Crippen MR) is 88.0 cm³/mol. The van der Waals surface area contributed by atoms with Gasteiger partial charge in [-0.15, -0.1) is 0 Å². The number of anilines is 1. The molecule has 1 atom stereocenters. The summed E-state index contributed by atoms with van der Waals surface area (Å²) in [6, 6.07) is 15.8. The number of thioether (sulfide) groups is 1. The summed E-state index contributed by atoms with van der Waals surface area (Å²) in [5.41, 5.74) is 7.89. The Bertz CT molecular complexity index is 787. The molecular weight excluding hydrogens is 304 g/mol. The number of rotatable bonds is 1. The molecule has 0 saturated heterocycles. The van der Waals surface area contributed by atoms with Gasteiger partial charge in [-0.3, -0.25) is 4.90 Å². The van der Waals surface area contributed by atoms with Gasteiger partial charge in [0.05, 0.1) is 5.69 Å². The number of guanidine groups is 1. The number of nitrogens with zero attached hydrogens (tertiary/aromatic N) is 3. The maximum Gasteiger partial charge on any atom is 0.220 e. The summed E-state index contributed by atoms with van der Waals surface area (Å²) in [7, 11) is 0. The summed E-state index contributed by atoms with van der Waals surface area (Å²) in [5.74, 6) is 0.284. The minimum Gasteiger partial charge on any atom is -0.368 e. The standard InChI is InChI=1S/C15H11ClN4S/c16-10-6-2-1-5-9(10)13-18-14(17)19-15-20(13)11-7-3-4-8-12(11)21-15/h1-8,13H,(H2,17,18). The number of hydrogen-bond donors (Lipinski definition) is 1. The fourth-order valence-corrected chi connectivity index (χ4v) is 3.79. The normalized spacial score (nSPS) is 19.7. The highest BCUT2D eigenvalue weighted by Crippen LogP contribution is 2.46. The smallest absolute Gasteiger partial charge is 0.220 e. The second-order valence-corrected chi connectivity index (χ2v) is 6.13. The van der Waals surface area contributed by atoms with Crippen molar-refractivity contribution in [2.45, 2.75) is 11.1 Å². The van der Waals surface area contributed by atoms with Crippen molar-refractivity contribution in [2.24, 2.45) is 15.7 Å². The van der Waals surface area contributed by atoms with Crippen molar-refractivity contribution >= 4 is 40.2 Å². The first-order valence-corrected chi connectivity index (χ1v) is 7.66. The minimum atomic E-state index is -0.276. The van der Waals surface area contributed by atoms with Gasteiger partial charge >= 0.3 is 0 Å². The van der Waals surface area contributed by atoms with Crippen LogP contribution in [0.25, 0.3) is 0 Å². The second-order valence-electron chi connectivity index (χ2n) is 4.72. The maximum atomic E-state index is 6.34. The minimum absolute atomic E-state index is 0.276. The Hall–Kier alpha value is -1.98. The fourth-order valence-electron chi connectivity index (χ4n) is 2.51. The molecule has 0 amide bonds. The Kier molecular flexibility index (Phi) is 2.90. The van der Waals surface area contributed by atoms with Gasteiger partial charge in [0.2, 0.25) is 5.96 Å². The molecule has 0 bridgehead atoms. The quantitative estimate of drug-likeness (QED) is 0.874. The van der Waals surface area contributed by atoms with E-state index in [2.05, 4.69) is 27.0 Å². The molecule has 2 aliphatic rings. The summed E-state index contributed by atoms with van der Waals surface area (Å²) >= 11 is 7.94. The van der Waals surface area contributed by atoms with Crippen molar-refractivity contribution < 1.29 is 0 Å². The summed E-state index contributed by atoms with van der Waals surface area (Å²) < 4.78 is 0. The van der Waals surface area contributed by atoms with Gasteiger partial charge in [0, 0.05) is 15.5 Å². The van der Waals surface area contributed by atoms with E-state index in [0.717, 1.165) is 21.3 Å². The number of aliphatic imine (C=N–C) groups is 2. The number of nitrogens with two attached hydrogens (primary N) is 1. The van der Waals surface area contributed by atoms with Gasteiger partial charge < -0.3 is 5.73 Å². The van der Waals surface area contributed by atoms with E-state index >= 15 is 0 Å². The van der Waals surface area contributed by atoms with Crippen LogP contribution in [0.3, 0.4) is 0 Å². The molecule has 6 heteroatoms. The van der Waals surface area contributed by atoms with Crippen LogP contribution in [-0.4, -0.2) is 11.1 Å². The molecule has 4 rings (SSSR count). The Morgan fingerprint density at radius 1 is 1.10 bits per heavy atom. The summed E-state index contributed by atoms with van der Waals surface area (Å²) in [6.07, 6.45) is -0.276. The molecule has 2 aliphatic heterocycles. The van der Waals surface area contributed by atoms with Gasteiger partial charge in [-0.05, 0) is 30.0 Å².